The highest BCUT2D eigenvalue weighted by Crippen LogP contribution is 2.44. The summed E-state index contributed by atoms with van der Waals surface area (Å²) in [4.78, 5) is 41.8. The van der Waals surface area contributed by atoms with Gasteiger partial charge >= 0.3 is 12.1 Å². The minimum absolute atomic E-state index is 0.0726. The Hall–Kier alpha value is -3.10. The smallest absolute Gasteiger partial charge is 0.410 e. The zero-order chi connectivity index (χ0) is 26.5. The Labute approximate surface area is 211 Å². The SMILES string of the molecule is CCOC(=O)c1cc(C2CC2)c2c(C)c(N3C[C@@H](N(C)C(=O)OC(C)(C)C)[C@@H](C)C3)c(F)cn2c1=O. The second kappa shape index (κ2) is 9.41. The molecule has 0 N–H and O–H groups in total. The molecule has 1 amide bonds. The Morgan fingerprint density at radius 2 is 1.89 bits per heavy atom. The highest BCUT2D eigenvalue weighted by atomic mass is 19.1. The maximum atomic E-state index is 15.7. The minimum atomic E-state index is -0.692. The molecule has 2 aromatic rings. The number of likely N-dealkylation sites (N-methyl/N-ethyl adjacent to an activating group) is 1. The first-order valence-electron chi connectivity index (χ1n) is 12.6. The highest BCUT2D eigenvalue weighted by molar-refractivity contribution is 5.90. The van der Waals surface area contributed by atoms with Gasteiger partial charge in [0.1, 0.15) is 11.2 Å². The topological polar surface area (TPSA) is 80.6 Å². The Morgan fingerprint density at radius 1 is 1.22 bits per heavy atom. The summed E-state index contributed by atoms with van der Waals surface area (Å²) in [6.07, 6.45) is 2.67. The number of aryl methyl sites for hydroxylation is 1. The standard InChI is InChI=1S/C27H36FN3O5/c1-8-35-25(33)19-11-18(17-9-10-17)22-16(3)23(20(28)13-31(22)24(19)32)30-12-15(2)21(14-30)29(7)26(34)36-27(4,5)6/h11,13,15,17,21H,8-10,12,14H2,1-7H3/t15-,21+/m0/s1. The Kier molecular flexibility index (Phi) is 6.79. The molecule has 0 bridgehead atoms. The number of anilines is 1. The summed E-state index contributed by atoms with van der Waals surface area (Å²) < 4.78 is 27.5. The summed E-state index contributed by atoms with van der Waals surface area (Å²) in [5.41, 5.74) is 1.32. The number of halogens is 1. The van der Waals surface area contributed by atoms with E-state index in [-0.39, 0.29) is 30.0 Å². The molecule has 4 rings (SSSR count). The summed E-state index contributed by atoms with van der Waals surface area (Å²) in [5, 5.41) is 0. The second-order valence-electron chi connectivity index (χ2n) is 11.0. The zero-order valence-electron chi connectivity index (χ0n) is 22.2. The lowest BCUT2D eigenvalue weighted by Gasteiger charge is -2.30. The third-order valence-corrected chi connectivity index (χ3v) is 7.02. The van der Waals surface area contributed by atoms with Crippen LogP contribution in [0.25, 0.3) is 5.52 Å². The van der Waals surface area contributed by atoms with Crippen LogP contribution in [0.1, 0.15) is 74.9 Å². The molecule has 36 heavy (non-hydrogen) atoms. The van der Waals surface area contributed by atoms with Gasteiger partial charge in [-0.2, -0.15) is 0 Å². The molecule has 9 heteroatoms. The molecule has 1 saturated heterocycles. The van der Waals surface area contributed by atoms with E-state index in [2.05, 4.69) is 0 Å². The number of hydrogen-bond acceptors (Lipinski definition) is 6. The number of esters is 1. The number of nitrogens with zero attached hydrogens (tertiary/aromatic N) is 3. The van der Waals surface area contributed by atoms with Crippen LogP contribution in [0, 0.1) is 18.7 Å². The average Bonchev–Trinajstić information content (AvgIpc) is 3.55. The fourth-order valence-corrected chi connectivity index (χ4v) is 5.20. The summed E-state index contributed by atoms with van der Waals surface area (Å²) in [6.45, 7) is 12.1. The summed E-state index contributed by atoms with van der Waals surface area (Å²) >= 11 is 0. The molecule has 1 aliphatic heterocycles. The van der Waals surface area contributed by atoms with Gasteiger partial charge in [0.2, 0.25) is 0 Å². The van der Waals surface area contributed by atoms with E-state index < -0.39 is 29.0 Å². The van der Waals surface area contributed by atoms with Crippen LogP contribution in [0.2, 0.25) is 0 Å². The van der Waals surface area contributed by atoms with Crippen molar-refractivity contribution >= 4 is 23.3 Å². The number of aromatic nitrogens is 1. The lowest BCUT2D eigenvalue weighted by atomic mass is 10.0. The molecule has 3 heterocycles. The molecule has 0 unspecified atom stereocenters. The van der Waals surface area contributed by atoms with Gasteiger partial charge < -0.3 is 19.3 Å². The van der Waals surface area contributed by atoms with Crippen molar-refractivity contribution < 1.29 is 23.5 Å². The Morgan fingerprint density at radius 3 is 2.47 bits per heavy atom. The molecule has 2 aromatic heterocycles. The minimum Gasteiger partial charge on any atom is -0.462 e. The van der Waals surface area contributed by atoms with Crippen molar-refractivity contribution in [3.63, 3.8) is 0 Å². The molecule has 8 nitrogen and oxygen atoms in total. The van der Waals surface area contributed by atoms with Crippen molar-refractivity contribution in [1.82, 2.24) is 9.30 Å². The van der Waals surface area contributed by atoms with Crippen LogP contribution >= 0.6 is 0 Å². The lowest BCUT2D eigenvalue weighted by molar-refractivity contribution is 0.0208. The molecule has 2 fully saturated rings. The number of fused-ring (bicyclic) bond motifs is 1. The number of ether oxygens (including phenoxy) is 2. The average molecular weight is 502 g/mol. The van der Waals surface area contributed by atoms with E-state index in [9.17, 15) is 14.4 Å². The number of amides is 1. The Bertz CT molecular complexity index is 1260. The van der Waals surface area contributed by atoms with Crippen molar-refractivity contribution in [3.05, 3.63) is 45.1 Å². The third kappa shape index (κ3) is 4.80. The number of pyridine rings is 2. The van der Waals surface area contributed by atoms with Crippen molar-refractivity contribution in [1.29, 1.82) is 0 Å². The molecule has 196 valence electrons. The summed E-state index contributed by atoms with van der Waals surface area (Å²) in [5.74, 6) is -0.942. The van der Waals surface area contributed by atoms with Gasteiger partial charge in [-0.25, -0.2) is 14.0 Å². The van der Waals surface area contributed by atoms with Crippen molar-refractivity contribution in [3.8, 4) is 0 Å². The van der Waals surface area contributed by atoms with Crippen LogP contribution in [0.5, 0.6) is 0 Å². The van der Waals surface area contributed by atoms with Crippen LogP contribution < -0.4 is 10.5 Å². The zero-order valence-corrected chi connectivity index (χ0v) is 22.2. The predicted molar refractivity (Wildman–Crippen MR) is 135 cm³/mol. The first-order valence-corrected chi connectivity index (χ1v) is 12.6. The van der Waals surface area contributed by atoms with Gasteiger partial charge in [0.25, 0.3) is 5.56 Å². The van der Waals surface area contributed by atoms with E-state index in [0.29, 0.717) is 29.9 Å². The van der Waals surface area contributed by atoms with Crippen LogP contribution in [0.3, 0.4) is 0 Å². The van der Waals surface area contributed by atoms with Crippen LogP contribution in [0.4, 0.5) is 14.9 Å². The predicted octanol–water partition coefficient (Wildman–Crippen LogP) is 4.49. The molecular weight excluding hydrogens is 465 g/mol. The maximum absolute atomic E-state index is 15.7. The van der Waals surface area contributed by atoms with Crippen molar-refractivity contribution in [2.24, 2.45) is 5.92 Å². The highest BCUT2D eigenvalue weighted by Gasteiger charge is 2.38. The van der Waals surface area contributed by atoms with Crippen LogP contribution in [-0.2, 0) is 9.47 Å². The summed E-state index contributed by atoms with van der Waals surface area (Å²) in [7, 11) is 1.71. The first kappa shape index (κ1) is 26.0. The normalized spacial score (nSPS) is 20.1. The molecule has 2 aliphatic rings. The van der Waals surface area contributed by atoms with Crippen molar-refractivity contribution in [2.45, 2.75) is 71.9 Å². The quantitative estimate of drug-likeness (QED) is 0.562. The monoisotopic (exact) mass is 501 g/mol. The molecule has 1 aliphatic carbocycles. The van der Waals surface area contributed by atoms with Gasteiger partial charge in [0.15, 0.2) is 5.82 Å². The fourth-order valence-electron chi connectivity index (χ4n) is 5.20. The molecule has 1 saturated carbocycles. The molecular formula is C27H36FN3O5. The van der Waals surface area contributed by atoms with Gasteiger partial charge in [0.05, 0.1) is 30.0 Å². The first-order chi connectivity index (χ1) is 16.8. The van der Waals surface area contributed by atoms with E-state index in [1.807, 2.05) is 39.5 Å². The number of carbonyl (C=O) groups is 2. The van der Waals surface area contributed by atoms with Gasteiger partial charge in [0, 0.05) is 20.1 Å². The lowest BCUT2D eigenvalue weighted by Crippen LogP contribution is -2.44. The Balaban J connectivity index is 1.75. The van der Waals surface area contributed by atoms with E-state index in [0.717, 1.165) is 18.4 Å². The molecule has 2 atom stereocenters. The van der Waals surface area contributed by atoms with E-state index >= 15 is 4.39 Å². The third-order valence-electron chi connectivity index (χ3n) is 7.02. The number of carbonyl (C=O) groups excluding carboxylic acids is 2. The van der Waals surface area contributed by atoms with E-state index in [1.165, 1.54) is 10.6 Å². The number of rotatable bonds is 5. The van der Waals surface area contributed by atoms with E-state index in [4.69, 9.17) is 9.47 Å². The maximum Gasteiger partial charge on any atom is 0.410 e. The van der Waals surface area contributed by atoms with Gasteiger partial charge in [-0.1, -0.05) is 6.92 Å². The van der Waals surface area contributed by atoms with Crippen LogP contribution in [0.15, 0.2) is 17.1 Å². The molecule has 0 aromatic carbocycles. The fraction of sp³-hybridized carbons (Fsp3) is 0.593. The second-order valence-corrected chi connectivity index (χ2v) is 11.0. The van der Waals surface area contributed by atoms with Gasteiger partial charge in [-0.3, -0.25) is 9.20 Å². The van der Waals surface area contributed by atoms with E-state index in [1.54, 1.807) is 24.9 Å². The molecule has 0 spiro atoms. The van der Waals surface area contributed by atoms with Gasteiger partial charge in [-0.05, 0) is 76.5 Å². The number of hydrogen-bond donors (Lipinski definition) is 0. The van der Waals surface area contributed by atoms with Crippen LogP contribution in [-0.4, -0.2) is 59.8 Å². The largest absolute Gasteiger partial charge is 0.462 e. The van der Waals surface area contributed by atoms with Gasteiger partial charge in [-0.15, -0.1) is 0 Å². The molecule has 0 radical (unpaired) electrons. The summed E-state index contributed by atoms with van der Waals surface area (Å²) in [6, 6.07) is 1.47. The van der Waals surface area contributed by atoms with Crippen molar-refractivity contribution in [2.75, 3.05) is 31.6 Å².